The van der Waals surface area contributed by atoms with Crippen molar-refractivity contribution in [2.75, 3.05) is 5.32 Å². The Morgan fingerprint density at radius 1 is 0.931 bits per heavy atom. The molecule has 3 aromatic carbocycles. The molecule has 3 aromatic rings. The summed E-state index contributed by atoms with van der Waals surface area (Å²) in [7, 11) is 0. The summed E-state index contributed by atoms with van der Waals surface area (Å²) >= 11 is 12.0. The Morgan fingerprint density at radius 3 is 2.24 bits per heavy atom. The number of carbonyl (C=O) groups is 1. The van der Waals surface area contributed by atoms with Gasteiger partial charge in [-0.2, -0.15) is 0 Å². The Labute approximate surface area is 180 Å². The molecule has 0 atom stereocenters. The lowest BCUT2D eigenvalue weighted by Gasteiger charge is -2.10. The molecule has 3 rings (SSSR count). The van der Waals surface area contributed by atoms with Crippen molar-refractivity contribution >= 4 is 34.8 Å². The second kappa shape index (κ2) is 9.25. The van der Waals surface area contributed by atoms with E-state index in [-0.39, 0.29) is 11.7 Å². The quantitative estimate of drug-likeness (QED) is 0.420. The summed E-state index contributed by atoms with van der Waals surface area (Å²) < 4.78 is 13.2. The highest BCUT2D eigenvalue weighted by molar-refractivity contribution is 6.42. The molecule has 0 radical (unpaired) electrons. The van der Waals surface area contributed by atoms with Crippen LogP contribution in [0.3, 0.4) is 0 Å². The summed E-state index contributed by atoms with van der Waals surface area (Å²) in [4.78, 5) is 12.4. The lowest BCUT2D eigenvalue weighted by atomic mass is 9.99. The van der Waals surface area contributed by atoms with Gasteiger partial charge >= 0.3 is 0 Å². The molecule has 5 heteroatoms. The minimum Gasteiger partial charge on any atom is -0.322 e. The van der Waals surface area contributed by atoms with Gasteiger partial charge in [0.25, 0.3) is 5.91 Å². The van der Waals surface area contributed by atoms with Crippen LogP contribution in [-0.4, -0.2) is 5.91 Å². The van der Waals surface area contributed by atoms with Gasteiger partial charge in [-0.3, -0.25) is 4.79 Å². The first kappa shape index (κ1) is 21.1. The SMILES string of the molecule is C=C(Cc1ccc(C(=O)Nc2ccc(F)cc2C)cc1)Cc1ccc(Cl)c(Cl)c1. The molecule has 0 aliphatic rings. The molecule has 0 heterocycles. The standard InChI is InChI=1S/C24H20Cl2FNO/c1-15(12-18-5-9-21(25)22(26)14-18)11-17-3-6-19(7-4-17)24(29)28-23-10-8-20(27)13-16(23)2/h3-10,13-14H,1,11-12H2,2H3,(H,28,29). The molecule has 0 aromatic heterocycles. The van der Waals surface area contributed by atoms with Crippen molar-refractivity contribution in [2.24, 2.45) is 0 Å². The van der Waals surface area contributed by atoms with E-state index in [1.54, 1.807) is 31.2 Å². The second-order valence-electron chi connectivity index (χ2n) is 6.96. The van der Waals surface area contributed by atoms with Crippen LogP contribution in [0.1, 0.15) is 27.0 Å². The number of halogens is 3. The van der Waals surface area contributed by atoms with Gasteiger partial charge < -0.3 is 5.32 Å². The third kappa shape index (κ3) is 5.69. The van der Waals surface area contributed by atoms with Gasteiger partial charge in [0.2, 0.25) is 0 Å². The number of hydrogen-bond donors (Lipinski definition) is 1. The highest BCUT2D eigenvalue weighted by atomic mass is 35.5. The first-order chi connectivity index (χ1) is 13.8. The van der Waals surface area contributed by atoms with Crippen molar-refractivity contribution in [3.8, 4) is 0 Å². The number of hydrogen-bond acceptors (Lipinski definition) is 1. The third-order valence-electron chi connectivity index (χ3n) is 4.55. The smallest absolute Gasteiger partial charge is 0.255 e. The van der Waals surface area contributed by atoms with Crippen LogP contribution in [0.4, 0.5) is 10.1 Å². The third-order valence-corrected chi connectivity index (χ3v) is 5.28. The fourth-order valence-corrected chi connectivity index (χ4v) is 3.35. The van der Waals surface area contributed by atoms with Crippen LogP contribution in [0.15, 0.2) is 72.8 Å². The van der Waals surface area contributed by atoms with E-state index in [4.69, 9.17) is 23.2 Å². The number of benzene rings is 3. The molecule has 148 valence electrons. The molecular formula is C24H20Cl2FNO. The highest BCUT2D eigenvalue weighted by Gasteiger charge is 2.09. The number of allylic oxidation sites excluding steroid dienone is 1. The van der Waals surface area contributed by atoms with Crippen LogP contribution >= 0.6 is 23.2 Å². The predicted molar refractivity (Wildman–Crippen MR) is 119 cm³/mol. The molecule has 0 fully saturated rings. The number of amides is 1. The molecular weight excluding hydrogens is 408 g/mol. The topological polar surface area (TPSA) is 29.1 Å². The van der Waals surface area contributed by atoms with E-state index in [2.05, 4.69) is 11.9 Å². The van der Waals surface area contributed by atoms with E-state index in [0.717, 1.165) is 16.7 Å². The lowest BCUT2D eigenvalue weighted by molar-refractivity contribution is 0.102. The lowest BCUT2D eigenvalue weighted by Crippen LogP contribution is -2.12. The molecule has 0 aliphatic heterocycles. The van der Waals surface area contributed by atoms with Crippen LogP contribution in [-0.2, 0) is 12.8 Å². The van der Waals surface area contributed by atoms with Crippen molar-refractivity contribution in [2.45, 2.75) is 19.8 Å². The molecule has 0 unspecified atom stereocenters. The van der Waals surface area contributed by atoms with E-state index in [0.29, 0.717) is 39.7 Å². The Balaban J connectivity index is 1.61. The van der Waals surface area contributed by atoms with Crippen LogP contribution in [0.5, 0.6) is 0 Å². The molecule has 0 saturated carbocycles. The summed E-state index contributed by atoms with van der Waals surface area (Å²) in [5.74, 6) is -0.563. The molecule has 1 N–H and O–H groups in total. The number of carbonyl (C=O) groups excluding carboxylic acids is 1. The van der Waals surface area contributed by atoms with Gasteiger partial charge in [0.1, 0.15) is 5.82 Å². The maximum atomic E-state index is 13.2. The summed E-state index contributed by atoms with van der Waals surface area (Å²) in [6.45, 7) is 5.89. The van der Waals surface area contributed by atoms with E-state index in [9.17, 15) is 9.18 Å². The van der Waals surface area contributed by atoms with Gasteiger partial charge in [0, 0.05) is 11.3 Å². The first-order valence-electron chi connectivity index (χ1n) is 9.09. The molecule has 0 spiro atoms. The number of nitrogens with one attached hydrogen (secondary N) is 1. The predicted octanol–water partition coefficient (Wildman–Crippen LogP) is 7.03. The Hall–Kier alpha value is -2.62. The maximum Gasteiger partial charge on any atom is 0.255 e. The van der Waals surface area contributed by atoms with Crippen LogP contribution in [0, 0.1) is 12.7 Å². The summed E-state index contributed by atoms with van der Waals surface area (Å²) in [6.07, 6.45) is 1.39. The van der Waals surface area contributed by atoms with E-state index >= 15 is 0 Å². The van der Waals surface area contributed by atoms with Crippen molar-refractivity contribution in [1.29, 1.82) is 0 Å². The molecule has 29 heavy (non-hydrogen) atoms. The minimum atomic E-state index is -0.328. The van der Waals surface area contributed by atoms with Crippen LogP contribution < -0.4 is 5.32 Å². The first-order valence-corrected chi connectivity index (χ1v) is 9.84. The van der Waals surface area contributed by atoms with Gasteiger partial charge in [-0.25, -0.2) is 4.39 Å². The second-order valence-corrected chi connectivity index (χ2v) is 7.78. The van der Waals surface area contributed by atoms with Crippen molar-refractivity contribution in [1.82, 2.24) is 0 Å². The summed E-state index contributed by atoms with van der Waals surface area (Å²) in [5.41, 5.74) is 4.94. The highest BCUT2D eigenvalue weighted by Crippen LogP contribution is 2.24. The maximum absolute atomic E-state index is 13.2. The fourth-order valence-electron chi connectivity index (χ4n) is 3.03. The van der Waals surface area contributed by atoms with Crippen molar-refractivity contribution < 1.29 is 9.18 Å². The van der Waals surface area contributed by atoms with Gasteiger partial charge in [-0.05, 0) is 78.9 Å². The number of anilines is 1. The van der Waals surface area contributed by atoms with Gasteiger partial charge in [0.15, 0.2) is 0 Å². The Morgan fingerprint density at radius 2 is 1.59 bits per heavy atom. The Bertz CT molecular complexity index is 1060. The van der Waals surface area contributed by atoms with E-state index in [1.165, 1.54) is 12.1 Å². The molecule has 0 aliphatic carbocycles. The molecule has 0 saturated heterocycles. The zero-order valence-corrected chi connectivity index (χ0v) is 17.4. The largest absolute Gasteiger partial charge is 0.322 e. The molecule has 0 bridgehead atoms. The normalized spacial score (nSPS) is 10.6. The number of aryl methyl sites for hydroxylation is 1. The summed E-state index contributed by atoms with van der Waals surface area (Å²) in [5, 5.41) is 3.87. The van der Waals surface area contributed by atoms with Gasteiger partial charge in [-0.1, -0.05) is 53.6 Å². The molecule has 2 nitrogen and oxygen atoms in total. The van der Waals surface area contributed by atoms with Crippen LogP contribution in [0.2, 0.25) is 10.0 Å². The van der Waals surface area contributed by atoms with Crippen molar-refractivity contribution in [3.63, 3.8) is 0 Å². The monoisotopic (exact) mass is 427 g/mol. The summed E-state index contributed by atoms with van der Waals surface area (Å²) in [6, 6.07) is 17.2. The zero-order valence-electron chi connectivity index (χ0n) is 15.9. The zero-order chi connectivity index (χ0) is 21.0. The fraction of sp³-hybridized carbons (Fsp3) is 0.125. The van der Waals surface area contributed by atoms with Gasteiger partial charge in [-0.15, -0.1) is 0 Å². The van der Waals surface area contributed by atoms with E-state index in [1.807, 2.05) is 24.3 Å². The van der Waals surface area contributed by atoms with E-state index < -0.39 is 0 Å². The van der Waals surface area contributed by atoms with Gasteiger partial charge in [0.05, 0.1) is 10.0 Å². The average molecular weight is 428 g/mol. The average Bonchev–Trinajstić information content (AvgIpc) is 2.67. The minimum absolute atomic E-state index is 0.235. The number of rotatable bonds is 6. The Kier molecular flexibility index (Phi) is 6.73. The van der Waals surface area contributed by atoms with Crippen molar-refractivity contribution in [3.05, 3.63) is 111 Å². The molecule has 1 amide bonds. The van der Waals surface area contributed by atoms with Crippen LogP contribution in [0.25, 0.3) is 0 Å².